The fourth-order valence-electron chi connectivity index (χ4n) is 2.06. The molecule has 0 spiro atoms. The average Bonchev–Trinajstić information content (AvgIpc) is 2.60. The monoisotopic (exact) mass is 358 g/mol. The lowest BCUT2D eigenvalue weighted by atomic mass is 10.1. The second-order valence-corrected chi connectivity index (χ2v) is 5.73. The lowest BCUT2D eigenvalue weighted by molar-refractivity contribution is -0.127. The van der Waals surface area contributed by atoms with Crippen molar-refractivity contribution in [2.24, 2.45) is 5.10 Å². The zero-order valence-corrected chi connectivity index (χ0v) is 14.5. The summed E-state index contributed by atoms with van der Waals surface area (Å²) in [6, 6.07) is 12.0. The summed E-state index contributed by atoms with van der Waals surface area (Å²) >= 11 is 5.80. The molecule has 6 heteroatoms. The van der Waals surface area contributed by atoms with E-state index in [1.54, 1.807) is 55.5 Å². The SMILES string of the molecule is C=CCc1cccc(/C=N\NC(=O)[C@H](C)Oc2ccc(Cl)cc2)c1O. The van der Waals surface area contributed by atoms with Gasteiger partial charge in [-0.1, -0.05) is 29.8 Å². The normalized spacial score (nSPS) is 11.9. The highest BCUT2D eigenvalue weighted by Gasteiger charge is 2.14. The number of phenols is 1. The summed E-state index contributed by atoms with van der Waals surface area (Å²) in [7, 11) is 0. The van der Waals surface area contributed by atoms with Gasteiger partial charge in [-0.3, -0.25) is 4.79 Å². The largest absolute Gasteiger partial charge is 0.507 e. The van der Waals surface area contributed by atoms with Crippen LogP contribution in [0, 0.1) is 0 Å². The number of benzene rings is 2. The molecule has 0 radical (unpaired) electrons. The van der Waals surface area contributed by atoms with Crippen LogP contribution in [0.15, 0.2) is 60.2 Å². The van der Waals surface area contributed by atoms with Crippen molar-refractivity contribution in [1.29, 1.82) is 0 Å². The number of hydrogen-bond donors (Lipinski definition) is 2. The minimum absolute atomic E-state index is 0.117. The van der Waals surface area contributed by atoms with E-state index in [1.807, 2.05) is 0 Å². The molecule has 0 fully saturated rings. The molecule has 2 aromatic carbocycles. The number of rotatable bonds is 7. The van der Waals surface area contributed by atoms with Crippen molar-refractivity contribution in [1.82, 2.24) is 5.43 Å². The molecule has 25 heavy (non-hydrogen) atoms. The van der Waals surface area contributed by atoms with Gasteiger partial charge in [-0.25, -0.2) is 5.43 Å². The second-order valence-electron chi connectivity index (χ2n) is 5.30. The van der Waals surface area contributed by atoms with Gasteiger partial charge in [-0.2, -0.15) is 5.10 Å². The molecule has 0 bridgehead atoms. The van der Waals surface area contributed by atoms with Crippen LogP contribution in [-0.4, -0.2) is 23.3 Å². The number of nitrogens with zero attached hydrogens (tertiary/aromatic N) is 1. The molecule has 0 aliphatic carbocycles. The maximum Gasteiger partial charge on any atom is 0.280 e. The number of aromatic hydroxyl groups is 1. The molecule has 0 heterocycles. The number of ether oxygens (including phenoxy) is 1. The molecule has 1 amide bonds. The minimum Gasteiger partial charge on any atom is -0.507 e. The number of halogens is 1. The van der Waals surface area contributed by atoms with Gasteiger partial charge < -0.3 is 9.84 Å². The van der Waals surface area contributed by atoms with Crippen molar-refractivity contribution in [2.45, 2.75) is 19.4 Å². The van der Waals surface area contributed by atoms with Gasteiger partial charge in [0.15, 0.2) is 6.10 Å². The van der Waals surface area contributed by atoms with Crippen molar-refractivity contribution in [3.63, 3.8) is 0 Å². The summed E-state index contributed by atoms with van der Waals surface area (Å²) in [5.41, 5.74) is 3.64. The fraction of sp³-hybridized carbons (Fsp3) is 0.158. The van der Waals surface area contributed by atoms with Crippen LogP contribution in [0.3, 0.4) is 0 Å². The van der Waals surface area contributed by atoms with Crippen molar-refractivity contribution in [2.75, 3.05) is 0 Å². The van der Waals surface area contributed by atoms with Gasteiger partial charge in [0.25, 0.3) is 5.91 Å². The Labute approximate surface area is 151 Å². The third-order valence-electron chi connectivity index (χ3n) is 3.39. The first-order valence-electron chi connectivity index (χ1n) is 7.68. The average molecular weight is 359 g/mol. The first kappa shape index (κ1) is 18.5. The summed E-state index contributed by atoms with van der Waals surface area (Å²) in [5.74, 6) is 0.240. The van der Waals surface area contributed by atoms with Crippen LogP contribution < -0.4 is 10.2 Å². The number of para-hydroxylation sites is 1. The van der Waals surface area contributed by atoms with Gasteiger partial charge in [0.2, 0.25) is 0 Å². The predicted octanol–water partition coefficient (Wildman–Crippen LogP) is 3.69. The molecule has 0 saturated carbocycles. The third kappa shape index (κ3) is 5.36. The van der Waals surface area contributed by atoms with E-state index in [1.165, 1.54) is 6.21 Å². The molecular formula is C19H19ClN2O3. The summed E-state index contributed by atoms with van der Waals surface area (Å²) in [6.45, 7) is 5.26. The Morgan fingerprint density at radius 2 is 2.08 bits per heavy atom. The lowest BCUT2D eigenvalue weighted by Gasteiger charge is -2.12. The van der Waals surface area contributed by atoms with Gasteiger partial charge in [0.05, 0.1) is 6.21 Å². The Kier molecular flexibility index (Phi) is 6.60. The van der Waals surface area contributed by atoms with Crippen LogP contribution in [0.2, 0.25) is 5.02 Å². The van der Waals surface area contributed by atoms with E-state index >= 15 is 0 Å². The Balaban J connectivity index is 1.94. The van der Waals surface area contributed by atoms with E-state index in [2.05, 4.69) is 17.1 Å². The smallest absolute Gasteiger partial charge is 0.280 e. The van der Waals surface area contributed by atoms with Crippen molar-refractivity contribution < 1.29 is 14.6 Å². The topological polar surface area (TPSA) is 70.9 Å². The van der Waals surface area contributed by atoms with Gasteiger partial charge in [-0.15, -0.1) is 6.58 Å². The number of carbonyl (C=O) groups is 1. The molecular weight excluding hydrogens is 340 g/mol. The van der Waals surface area contributed by atoms with Crippen LogP contribution in [-0.2, 0) is 11.2 Å². The van der Waals surface area contributed by atoms with E-state index in [-0.39, 0.29) is 5.75 Å². The standard InChI is InChI=1S/C19H19ClN2O3/c1-3-5-14-6-4-7-15(18(14)23)12-21-22-19(24)13(2)25-17-10-8-16(20)9-11-17/h3-4,6-13,23H,1,5H2,2H3,(H,22,24)/b21-12-/t13-/m0/s1. The van der Waals surface area contributed by atoms with Gasteiger partial charge in [-0.05, 0) is 49.2 Å². The lowest BCUT2D eigenvalue weighted by Crippen LogP contribution is -2.33. The highest BCUT2D eigenvalue weighted by molar-refractivity contribution is 6.30. The van der Waals surface area contributed by atoms with E-state index in [0.717, 1.165) is 5.56 Å². The Hall–Kier alpha value is -2.79. The van der Waals surface area contributed by atoms with Crippen molar-refractivity contribution in [3.05, 3.63) is 71.3 Å². The molecule has 0 aliphatic rings. The molecule has 0 saturated heterocycles. The van der Waals surface area contributed by atoms with E-state index in [4.69, 9.17) is 16.3 Å². The molecule has 0 aliphatic heterocycles. The van der Waals surface area contributed by atoms with Crippen LogP contribution >= 0.6 is 11.6 Å². The zero-order chi connectivity index (χ0) is 18.2. The number of hydrogen-bond acceptors (Lipinski definition) is 4. The maximum atomic E-state index is 12.0. The van der Waals surface area contributed by atoms with E-state index in [9.17, 15) is 9.90 Å². The number of carbonyl (C=O) groups excluding carboxylic acids is 1. The first-order chi connectivity index (χ1) is 12.0. The number of nitrogens with one attached hydrogen (secondary N) is 1. The molecule has 5 nitrogen and oxygen atoms in total. The van der Waals surface area contributed by atoms with Crippen LogP contribution in [0.4, 0.5) is 0 Å². The van der Waals surface area contributed by atoms with Crippen LogP contribution in [0.1, 0.15) is 18.1 Å². The quantitative estimate of drug-likeness (QED) is 0.450. The van der Waals surface area contributed by atoms with E-state index < -0.39 is 12.0 Å². The van der Waals surface area contributed by atoms with Crippen molar-refractivity contribution >= 4 is 23.7 Å². The number of phenolic OH excluding ortho intramolecular Hbond substituents is 1. The van der Waals surface area contributed by atoms with Gasteiger partial charge in [0, 0.05) is 10.6 Å². The maximum absolute atomic E-state index is 12.0. The molecule has 1 atom stereocenters. The number of allylic oxidation sites excluding steroid dienone is 1. The summed E-state index contributed by atoms with van der Waals surface area (Å²) < 4.78 is 5.50. The molecule has 2 aromatic rings. The molecule has 0 unspecified atom stereocenters. The first-order valence-corrected chi connectivity index (χ1v) is 8.06. The summed E-state index contributed by atoms with van der Waals surface area (Å²) in [5, 5.41) is 14.6. The Bertz CT molecular complexity index is 773. The molecule has 2 rings (SSSR count). The van der Waals surface area contributed by atoms with Crippen LogP contribution in [0.25, 0.3) is 0 Å². The Morgan fingerprint density at radius 1 is 1.36 bits per heavy atom. The molecule has 0 aromatic heterocycles. The highest BCUT2D eigenvalue weighted by Crippen LogP contribution is 2.21. The minimum atomic E-state index is -0.737. The predicted molar refractivity (Wildman–Crippen MR) is 99.3 cm³/mol. The number of hydrazone groups is 1. The number of amides is 1. The highest BCUT2D eigenvalue weighted by atomic mass is 35.5. The van der Waals surface area contributed by atoms with Crippen molar-refractivity contribution in [3.8, 4) is 11.5 Å². The van der Waals surface area contributed by atoms with Crippen LogP contribution in [0.5, 0.6) is 11.5 Å². The summed E-state index contributed by atoms with van der Waals surface area (Å²) in [4.78, 5) is 12.0. The van der Waals surface area contributed by atoms with Gasteiger partial charge in [0.1, 0.15) is 11.5 Å². The van der Waals surface area contributed by atoms with E-state index in [0.29, 0.717) is 22.8 Å². The third-order valence-corrected chi connectivity index (χ3v) is 3.64. The zero-order valence-electron chi connectivity index (χ0n) is 13.8. The summed E-state index contributed by atoms with van der Waals surface area (Å²) in [6.07, 6.45) is 2.90. The fourth-order valence-corrected chi connectivity index (χ4v) is 2.19. The molecule has 2 N–H and O–H groups in total. The van der Waals surface area contributed by atoms with Gasteiger partial charge >= 0.3 is 0 Å². The second kappa shape index (κ2) is 8.89. The Morgan fingerprint density at radius 3 is 2.76 bits per heavy atom. The molecule has 130 valence electrons.